The van der Waals surface area contributed by atoms with Crippen LogP contribution in [0.25, 0.3) is 0 Å². The molecule has 0 N–H and O–H groups in total. The quantitative estimate of drug-likeness (QED) is 0.730. The van der Waals surface area contributed by atoms with Gasteiger partial charge in [0.25, 0.3) is 0 Å². The molecule has 75 valence electrons. The zero-order valence-electron chi connectivity index (χ0n) is 8.68. The Morgan fingerprint density at radius 2 is 1.67 bits per heavy atom. The molecule has 2 rings (SSSR count). The summed E-state index contributed by atoms with van der Waals surface area (Å²) in [5.41, 5.74) is 1.16. The molecule has 2 aromatic rings. The molecule has 1 nitrogen and oxygen atoms in total. The highest BCUT2D eigenvalue weighted by Crippen LogP contribution is 2.20. The van der Waals surface area contributed by atoms with Crippen LogP contribution in [0.2, 0.25) is 0 Å². The summed E-state index contributed by atoms with van der Waals surface area (Å²) < 4.78 is 5.79. The lowest BCUT2D eigenvalue weighted by atomic mass is 10.1. The van der Waals surface area contributed by atoms with Crippen molar-refractivity contribution in [1.29, 1.82) is 0 Å². The van der Waals surface area contributed by atoms with E-state index in [-0.39, 0.29) is 6.10 Å². The maximum Gasteiger partial charge on any atom is 0.121 e. The molecule has 0 aliphatic heterocycles. The van der Waals surface area contributed by atoms with E-state index < -0.39 is 0 Å². The number of hydrogen-bond donors (Lipinski definition) is 0. The number of para-hydroxylation sites is 1. The fourth-order valence-corrected chi connectivity index (χ4v) is 1.44. The minimum atomic E-state index is 0.0713. The topological polar surface area (TPSA) is 9.23 Å². The number of rotatable bonds is 3. The molecule has 0 heterocycles. The highest BCUT2D eigenvalue weighted by atomic mass is 16.5. The second-order valence-corrected chi connectivity index (χ2v) is 3.41. The normalized spacial score (nSPS) is 12.1. The summed E-state index contributed by atoms with van der Waals surface area (Å²) in [5.74, 6) is 0.901. The molecule has 1 unspecified atom stereocenters. The van der Waals surface area contributed by atoms with Gasteiger partial charge >= 0.3 is 0 Å². The fourth-order valence-electron chi connectivity index (χ4n) is 1.44. The smallest absolute Gasteiger partial charge is 0.121 e. The first-order valence-electron chi connectivity index (χ1n) is 5.04. The van der Waals surface area contributed by atoms with Gasteiger partial charge in [0.05, 0.1) is 0 Å². The lowest BCUT2D eigenvalue weighted by molar-refractivity contribution is 0.227. The average Bonchev–Trinajstić information content (AvgIpc) is 2.31. The third kappa shape index (κ3) is 2.59. The van der Waals surface area contributed by atoms with Gasteiger partial charge in [0.15, 0.2) is 0 Å². The first-order valence-corrected chi connectivity index (χ1v) is 5.04. The Hall–Kier alpha value is -1.76. The van der Waals surface area contributed by atoms with Gasteiger partial charge in [-0.25, -0.2) is 0 Å². The van der Waals surface area contributed by atoms with Gasteiger partial charge < -0.3 is 4.74 Å². The molecular formula is C14H13O. The van der Waals surface area contributed by atoms with Crippen molar-refractivity contribution in [3.63, 3.8) is 0 Å². The van der Waals surface area contributed by atoms with Gasteiger partial charge in [-0.05, 0) is 30.7 Å². The van der Waals surface area contributed by atoms with Crippen LogP contribution in [-0.4, -0.2) is 0 Å². The van der Waals surface area contributed by atoms with Gasteiger partial charge in [0, 0.05) is 0 Å². The molecule has 0 amide bonds. The van der Waals surface area contributed by atoms with Crippen LogP contribution in [0.5, 0.6) is 5.75 Å². The molecule has 1 atom stereocenters. The van der Waals surface area contributed by atoms with Gasteiger partial charge in [-0.1, -0.05) is 42.5 Å². The van der Waals surface area contributed by atoms with Gasteiger partial charge in [-0.15, -0.1) is 0 Å². The van der Waals surface area contributed by atoms with Gasteiger partial charge in [0.1, 0.15) is 11.9 Å². The molecule has 1 heteroatoms. The Morgan fingerprint density at radius 1 is 1.00 bits per heavy atom. The molecule has 0 aromatic heterocycles. The predicted octanol–water partition coefficient (Wildman–Crippen LogP) is 3.63. The number of hydrogen-bond acceptors (Lipinski definition) is 1. The van der Waals surface area contributed by atoms with Crippen molar-refractivity contribution in [3.8, 4) is 5.75 Å². The van der Waals surface area contributed by atoms with E-state index in [1.165, 1.54) is 0 Å². The summed E-state index contributed by atoms with van der Waals surface area (Å²) in [6, 6.07) is 20.7. The fraction of sp³-hybridized carbons (Fsp3) is 0.143. The van der Waals surface area contributed by atoms with Gasteiger partial charge in [-0.3, -0.25) is 0 Å². The second-order valence-electron chi connectivity index (χ2n) is 3.41. The van der Waals surface area contributed by atoms with Crippen LogP contribution in [0.3, 0.4) is 0 Å². The van der Waals surface area contributed by atoms with Gasteiger partial charge in [-0.2, -0.15) is 0 Å². The summed E-state index contributed by atoms with van der Waals surface area (Å²) in [6.07, 6.45) is 0.0713. The van der Waals surface area contributed by atoms with Gasteiger partial charge in [0.2, 0.25) is 0 Å². The van der Waals surface area contributed by atoms with E-state index in [1.807, 2.05) is 61.5 Å². The molecule has 2 aromatic carbocycles. The SMILES string of the molecule is CC(Oc1ccccc1)c1cc[c]cc1. The van der Waals surface area contributed by atoms with E-state index in [2.05, 4.69) is 6.07 Å². The molecule has 0 fully saturated rings. The first kappa shape index (κ1) is 9.78. The van der Waals surface area contributed by atoms with Crippen molar-refractivity contribution in [1.82, 2.24) is 0 Å². The molecule has 0 saturated heterocycles. The Bertz CT molecular complexity index is 394. The summed E-state index contributed by atoms with van der Waals surface area (Å²) in [5, 5.41) is 0. The highest BCUT2D eigenvalue weighted by molar-refractivity contribution is 5.23. The van der Waals surface area contributed by atoms with Crippen LogP contribution in [0.15, 0.2) is 54.6 Å². The zero-order chi connectivity index (χ0) is 10.5. The third-order valence-corrected chi connectivity index (χ3v) is 2.27. The van der Waals surface area contributed by atoms with Crippen LogP contribution < -0.4 is 4.74 Å². The Morgan fingerprint density at radius 3 is 2.33 bits per heavy atom. The maximum atomic E-state index is 5.79. The Balaban J connectivity index is 2.08. The van der Waals surface area contributed by atoms with Crippen molar-refractivity contribution in [2.24, 2.45) is 0 Å². The highest BCUT2D eigenvalue weighted by Gasteiger charge is 2.05. The molecule has 0 spiro atoms. The number of ether oxygens (including phenoxy) is 1. The standard InChI is InChI=1S/C14H13O/c1-12(13-8-4-2-5-9-13)15-14-10-6-3-7-11-14/h3-12H,1H3. The molecule has 0 saturated carbocycles. The number of benzene rings is 2. The van der Waals surface area contributed by atoms with E-state index in [1.54, 1.807) is 0 Å². The summed E-state index contributed by atoms with van der Waals surface area (Å²) >= 11 is 0. The predicted molar refractivity (Wildman–Crippen MR) is 60.8 cm³/mol. The van der Waals surface area contributed by atoms with E-state index in [0.29, 0.717) is 0 Å². The van der Waals surface area contributed by atoms with Crippen LogP contribution >= 0.6 is 0 Å². The van der Waals surface area contributed by atoms with E-state index in [0.717, 1.165) is 11.3 Å². The summed E-state index contributed by atoms with van der Waals surface area (Å²) in [6.45, 7) is 2.04. The molecule has 1 radical (unpaired) electrons. The second kappa shape index (κ2) is 4.65. The van der Waals surface area contributed by atoms with Crippen LogP contribution in [0.1, 0.15) is 18.6 Å². The van der Waals surface area contributed by atoms with Crippen molar-refractivity contribution in [2.75, 3.05) is 0 Å². The summed E-state index contributed by atoms with van der Waals surface area (Å²) in [7, 11) is 0. The monoisotopic (exact) mass is 197 g/mol. The third-order valence-electron chi connectivity index (χ3n) is 2.27. The van der Waals surface area contributed by atoms with E-state index in [9.17, 15) is 0 Å². The maximum absolute atomic E-state index is 5.79. The average molecular weight is 197 g/mol. The lowest BCUT2D eigenvalue weighted by Gasteiger charge is -2.14. The van der Waals surface area contributed by atoms with Crippen molar-refractivity contribution in [3.05, 3.63) is 66.2 Å². The zero-order valence-corrected chi connectivity index (χ0v) is 8.68. The minimum absolute atomic E-state index is 0.0713. The molecular weight excluding hydrogens is 184 g/mol. The molecule has 0 bridgehead atoms. The van der Waals surface area contributed by atoms with Crippen LogP contribution in [0, 0.1) is 6.07 Å². The van der Waals surface area contributed by atoms with Crippen molar-refractivity contribution >= 4 is 0 Å². The molecule has 0 aliphatic rings. The minimum Gasteiger partial charge on any atom is -0.486 e. The van der Waals surface area contributed by atoms with Crippen molar-refractivity contribution in [2.45, 2.75) is 13.0 Å². The largest absolute Gasteiger partial charge is 0.486 e. The van der Waals surface area contributed by atoms with Crippen LogP contribution in [0.4, 0.5) is 0 Å². The summed E-state index contributed by atoms with van der Waals surface area (Å²) in [4.78, 5) is 0. The first-order chi connectivity index (χ1) is 7.36. The van der Waals surface area contributed by atoms with E-state index >= 15 is 0 Å². The molecule has 0 aliphatic carbocycles. The van der Waals surface area contributed by atoms with Crippen LogP contribution in [-0.2, 0) is 0 Å². The van der Waals surface area contributed by atoms with E-state index in [4.69, 9.17) is 4.74 Å². The Labute approximate surface area is 90.3 Å². The molecule has 15 heavy (non-hydrogen) atoms. The lowest BCUT2D eigenvalue weighted by Crippen LogP contribution is -2.02. The Kier molecular flexibility index (Phi) is 3.03. The van der Waals surface area contributed by atoms with Crippen molar-refractivity contribution < 1.29 is 4.74 Å².